The number of aryl methyl sites for hydroxylation is 1. The van der Waals surface area contributed by atoms with Gasteiger partial charge in [-0.05, 0) is 18.6 Å². The Hall–Kier alpha value is -2.68. The van der Waals surface area contributed by atoms with E-state index < -0.39 is 5.92 Å². The fourth-order valence-electron chi connectivity index (χ4n) is 3.27. The Kier molecular flexibility index (Phi) is 5.43. The molecule has 1 fully saturated rings. The van der Waals surface area contributed by atoms with Crippen LogP contribution in [0.3, 0.4) is 0 Å². The van der Waals surface area contributed by atoms with Crippen molar-refractivity contribution in [1.82, 2.24) is 10.2 Å². The van der Waals surface area contributed by atoms with Gasteiger partial charge in [-0.15, -0.1) is 10.2 Å². The lowest BCUT2D eigenvalue weighted by Crippen LogP contribution is -2.28. The van der Waals surface area contributed by atoms with Gasteiger partial charge in [-0.3, -0.25) is 9.59 Å². The first-order valence-electron chi connectivity index (χ1n) is 9.47. The lowest BCUT2D eigenvalue weighted by atomic mass is 10.1. The molecule has 0 saturated carbocycles. The minimum Gasteiger partial charge on any atom is -0.486 e. The van der Waals surface area contributed by atoms with Crippen LogP contribution >= 0.6 is 11.3 Å². The number of amides is 2. The number of nitrogens with zero attached hydrogens (tertiary/aromatic N) is 3. The Labute approximate surface area is 166 Å². The van der Waals surface area contributed by atoms with Crippen molar-refractivity contribution in [2.24, 2.45) is 5.92 Å². The van der Waals surface area contributed by atoms with Gasteiger partial charge in [-0.1, -0.05) is 24.7 Å². The molecule has 1 saturated heterocycles. The fraction of sp³-hybridized carbons (Fsp3) is 0.474. The van der Waals surface area contributed by atoms with E-state index in [4.69, 9.17) is 9.47 Å². The SMILES string of the molecule is CCCCc1nnc(NC(=O)[C@@H]2CC(=O)N(c3ccc4c(c3)OCCO4)C2)s1. The number of hydrogen-bond donors (Lipinski definition) is 1. The van der Waals surface area contributed by atoms with Crippen molar-refractivity contribution in [2.45, 2.75) is 32.6 Å². The molecule has 0 aliphatic carbocycles. The Bertz CT molecular complexity index is 885. The predicted octanol–water partition coefficient (Wildman–Crippen LogP) is 2.64. The number of anilines is 2. The lowest BCUT2D eigenvalue weighted by molar-refractivity contribution is -0.122. The van der Waals surface area contributed by atoms with Crippen LogP contribution in [-0.4, -0.2) is 41.8 Å². The summed E-state index contributed by atoms with van der Waals surface area (Å²) in [5.74, 6) is 0.581. The molecule has 2 amide bonds. The average Bonchev–Trinajstić information content (AvgIpc) is 3.32. The standard InChI is InChI=1S/C19H22N4O4S/c1-2-3-4-16-21-22-19(28-16)20-18(25)12-9-17(24)23(11-12)13-5-6-14-15(10-13)27-8-7-26-14/h5-6,10,12H,2-4,7-9,11H2,1H3,(H,20,22,25)/t12-/m1/s1. The summed E-state index contributed by atoms with van der Waals surface area (Å²) in [6.07, 6.45) is 3.16. The zero-order valence-electron chi connectivity index (χ0n) is 15.6. The van der Waals surface area contributed by atoms with E-state index in [0.717, 1.165) is 24.3 Å². The molecule has 1 aromatic carbocycles. The van der Waals surface area contributed by atoms with Gasteiger partial charge >= 0.3 is 0 Å². The second-order valence-corrected chi connectivity index (χ2v) is 7.89. The molecule has 1 aromatic heterocycles. The van der Waals surface area contributed by atoms with Gasteiger partial charge in [0.05, 0.1) is 5.92 Å². The number of ether oxygens (including phenoxy) is 2. The topological polar surface area (TPSA) is 93.7 Å². The van der Waals surface area contributed by atoms with E-state index >= 15 is 0 Å². The van der Waals surface area contributed by atoms with Gasteiger partial charge in [0.25, 0.3) is 0 Å². The lowest BCUT2D eigenvalue weighted by Gasteiger charge is -2.22. The third-order valence-electron chi connectivity index (χ3n) is 4.77. The highest BCUT2D eigenvalue weighted by Gasteiger charge is 2.36. The van der Waals surface area contributed by atoms with Gasteiger partial charge in [0, 0.05) is 31.1 Å². The van der Waals surface area contributed by atoms with Crippen molar-refractivity contribution >= 4 is 34.0 Å². The largest absolute Gasteiger partial charge is 0.486 e. The quantitative estimate of drug-likeness (QED) is 0.798. The molecular weight excluding hydrogens is 380 g/mol. The van der Waals surface area contributed by atoms with Gasteiger partial charge in [-0.2, -0.15) is 0 Å². The van der Waals surface area contributed by atoms with E-state index in [1.807, 2.05) is 6.07 Å². The summed E-state index contributed by atoms with van der Waals surface area (Å²) in [6, 6.07) is 5.40. The maximum Gasteiger partial charge on any atom is 0.231 e. The third-order valence-corrected chi connectivity index (χ3v) is 5.67. The number of fused-ring (bicyclic) bond motifs is 1. The van der Waals surface area contributed by atoms with Crippen LogP contribution in [0.4, 0.5) is 10.8 Å². The van der Waals surface area contributed by atoms with Crippen molar-refractivity contribution in [2.75, 3.05) is 30.0 Å². The third kappa shape index (κ3) is 3.94. The minimum absolute atomic E-state index is 0.0854. The Morgan fingerprint density at radius 2 is 2.11 bits per heavy atom. The number of hydrogen-bond acceptors (Lipinski definition) is 7. The Morgan fingerprint density at radius 1 is 1.29 bits per heavy atom. The van der Waals surface area contributed by atoms with Crippen molar-refractivity contribution in [3.63, 3.8) is 0 Å². The fourth-order valence-corrected chi connectivity index (χ4v) is 4.06. The molecule has 0 bridgehead atoms. The van der Waals surface area contributed by atoms with E-state index in [1.54, 1.807) is 17.0 Å². The van der Waals surface area contributed by atoms with Crippen LogP contribution in [0.5, 0.6) is 11.5 Å². The highest BCUT2D eigenvalue weighted by Crippen LogP contribution is 2.36. The highest BCUT2D eigenvalue weighted by molar-refractivity contribution is 7.15. The first-order chi connectivity index (χ1) is 13.6. The maximum atomic E-state index is 12.6. The molecule has 0 radical (unpaired) electrons. The van der Waals surface area contributed by atoms with Crippen molar-refractivity contribution < 1.29 is 19.1 Å². The van der Waals surface area contributed by atoms with Crippen LogP contribution in [0.15, 0.2) is 18.2 Å². The highest BCUT2D eigenvalue weighted by atomic mass is 32.1. The number of benzene rings is 1. The van der Waals surface area contributed by atoms with E-state index in [0.29, 0.717) is 42.1 Å². The second-order valence-electron chi connectivity index (χ2n) is 6.83. The molecular formula is C19H22N4O4S. The van der Waals surface area contributed by atoms with Crippen LogP contribution in [0.2, 0.25) is 0 Å². The molecule has 2 aromatic rings. The molecule has 2 aliphatic heterocycles. The van der Waals surface area contributed by atoms with Gasteiger partial charge in [-0.25, -0.2) is 0 Å². The summed E-state index contributed by atoms with van der Waals surface area (Å²) in [4.78, 5) is 26.7. The molecule has 148 valence electrons. The number of aromatic nitrogens is 2. The smallest absolute Gasteiger partial charge is 0.231 e. The monoisotopic (exact) mass is 402 g/mol. The normalized spacial score (nSPS) is 18.4. The van der Waals surface area contributed by atoms with Crippen molar-refractivity contribution in [3.8, 4) is 11.5 Å². The molecule has 1 N–H and O–H groups in total. The summed E-state index contributed by atoms with van der Waals surface area (Å²) in [6.45, 7) is 3.45. The minimum atomic E-state index is -0.427. The van der Waals surface area contributed by atoms with E-state index in [1.165, 1.54) is 11.3 Å². The Balaban J connectivity index is 1.40. The first-order valence-corrected chi connectivity index (χ1v) is 10.3. The number of nitrogens with one attached hydrogen (secondary N) is 1. The number of rotatable bonds is 6. The molecule has 2 aliphatic rings. The summed E-state index contributed by atoms with van der Waals surface area (Å²) < 4.78 is 11.1. The van der Waals surface area contributed by atoms with E-state index in [-0.39, 0.29) is 18.2 Å². The van der Waals surface area contributed by atoms with Gasteiger partial charge < -0.3 is 19.7 Å². The summed E-state index contributed by atoms with van der Waals surface area (Å²) >= 11 is 1.39. The van der Waals surface area contributed by atoms with Gasteiger partial charge in [0.1, 0.15) is 18.2 Å². The molecule has 4 rings (SSSR count). The second kappa shape index (κ2) is 8.14. The number of carbonyl (C=O) groups is 2. The molecule has 0 spiro atoms. The van der Waals surface area contributed by atoms with Crippen LogP contribution in [0.25, 0.3) is 0 Å². The number of unbranched alkanes of at least 4 members (excludes halogenated alkanes) is 1. The van der Waals surface area contributed by atoms with Crippen LogP contribution < -0.4 is 19.7 Å². The summed E-state index contributed by atoms with van der Waals surface area (Å²) in [5.41, 5.74) is 0.710. The molecule has 0 unspecified atom stereocenters. The first kappa shape index (κ1) is 18.7. The van der Waals surface area contributed by atoms with Crippen LogP contribution in [-0.2, 0) is 16.0 Å². The molecule has 8 nitrogen and oxygen atoms in total. The molecule has 28 heavy (non-hydrogen) atoms. The predicted molar refractivity (Wildman–Crippen MR) is 105 cm³/mol. The van der Waals surface area contributed by atoms with Crippen molar-refractivity contribution in [3.05, 3.63) is 23.2 Å². The zero-order valence-corrected chi connectivity index (χ0v) is 16.5. The maximum absolute atomic E-state index is 12.6. The Morgan fingerprint density at radius 3 is 2.93 bits per heavy atom. The summed E-state index contributed by atoms with van der Waals surface area (Å²) in [5, 5.41) is 12.3. The summed E-state index contributed by atoms with van der Waals surface area (Å²) in [7, 11) is 0. The molecule has 1 atom stereocenters. The molecule has 3 heterocycles. The van der Waals surface area contributed by atoms with Gasteiger partial charge in [0.15, 0.2) is 11.5 Å². The van der Waals surface area contributed by atoms with E-state index in [2.05, 4.69) is 22.4 Å². The number of carbonyl (C=O) groups excluding carboxylic acids is 2. The van der Waals surface area contributed by atoms with Gasteiger partial charge in [0.2, 0.25) is 16.9 Å². The average molecular weight is 402 g/mol. The molecule has 9 heteroatoms. The van der Waals surface area contributed by atoms with Crippen LogP contribution in [0, 0.1) is 5.92 Å². The van der Waals surface area contributed by atoms with Crippen LogP contribution in [0.1, 0.15) is 31.2 Å². The van der Waals surface area contributed by atoms with E-state index in [9.17, 15) is 9.59 Å². The zero-order chi connectivity index (χ0) is 19.5. The van der Waals surface area contributed by atoms with Crippen molar-refractivity contribution in [1.29, 1.82) is 0 Å².